The van der Waals surface area contributed by atoms with Crippen molar-refractivity contribution in [3.05, 3.63) is 94.7 Å². The Hall–Kier alpha value is -4.58. The first kappa shape index (κ1) is 27.5. The molecule has 1 atom stereocenters. The maximum absolute atomic E-state index is 13.7. The van der Waals surface area contributed by atoms with Crippen LogP contribution in [0.1, 0.15) is 44.9 Å². The molecule has 12 heteroatoms. The van der Waals surface area contributed by atoms with Crippen LogP contribution in [-0.2, 0) is 14.3 Å². The fraction of sp³-hybridized carbons (Fsp3) is 0.259. The molecule has 39 heavy (non-hydrogen) atoms. The van der Waals surface area contributed by atoms with Crippen molar-refractivity contribution in [2.24, 2.45) is 4.99 Å². The van der Waals surface area contributed by atoms with Gasteiger partial charge in [-0.2, -0.15) is 0 Å². The van der Waals surface area contributed by atoms with Crippen LogP contribution in [0.25, 0.3) is 6.08 Å². The fourth-order valence-electron chi connectivity index (χ4n) is 4.19. The minimum absolute atomic E-state index is 0.105. The smallest absolute Gasteiger partial charge is 0.338 e. The predicted molar refractivity (Wildman–Crippen MR) is 142 cm³/mol. The van der Waals surface area contributed by atoms with Crippen molar-refractivity contribution in [2.75, 3.05) is 13.2 Å². The Morgan fingerprint density at radius 2 is 1.92 bits per heavy atom. The van der Waals surface area contributed by atoms with E-state index in [0.717, 1.165) is 11.3 Å². The lowest BCUT2D eigenvalue weighted by Gasteiger charge is -2.25. The molecule has 1 aromatic heterocycles. The summed E-state index contributed by atoms with van der Waals surface area (Å²) >= 11 is 1.10. The highest BCUT2D eigenvalue weighted by atomic mass is 32.1. The maximum Gasteiger partial charge on any atom is 0.338 e. The number of ether oxygens (including phenoxy) is 3. The van der Waals surface area contributed by atoms with Gasteiger partial charge < -0.3 is 14.2 Å². The Labute approximate surface area is 226 Å². The number of nitrogens with zero attached hydrogens (tertiary/aromatic N) is 3. The number of rotatable bonds is 8. The molecule has 11 nitrogen and oxygen atoms in total. The SMILES string of the molecule is CCOC(=O)C1=C(C)N=c2sc(=Cc3cccc([N+](=O)[O-])c3)c(=O)n2C1c1ccc(OC(C)=O)c(OCC)c1. The van der Waals surface area contributed by atoms with Gasteiger partial charge in [-0.05, 0) is 50.1 Å². The second-order valence-electron chi connectivity index (χ2n) is 8.39. The molecule has 2 aromatic carbocycles. The first-order chi connectivity index (χ1) is 18.6. The van der Waals surface area contributed by atoms with Gasteiger partial charge >= 0.3 is 11.9 Å². The quantitative estimate of drug-likeness (QED) is 0.180. The van der Waals surface area contributed by atoms with Gasteiger partial charge in [-0.25, -0.2) is 9.79 Å². The van der Waals surface area contributed by atoms with Crippen molar-refractivity contribution in [1.29, 1.82) is 0 Å². The van der Waals surface area contributed by atoms with Crippen LogP contribution in [0.3, 0.4) is 0 Å². The molecule has 202 valence electrons. The standard InChI is InChI=1S/C27H25N3O8S/c1-5-36-21-14-18(10-11-20(21)38-16(4)31)24-23(26(33)37-6-2)15(3)28-27-29(24)25(32)22(39-27)13-17-8-7-9-19(12-17)30(34)35/h7-14,24H,5-6H2,1-4H3. The van der Waals surface area contributed by atoms with Crippen molar-refractivity contribution in [3.63, 3.8) is 0 Å². The number of hydrogen-bond donors (Lipinski definition) is 0. The Balaban J connectivity index is 1.95. The largest absolute Gasteiger partial charge is 0.490 e. The molecule has 0 amide bonds. The lowest BCUT2D eigenvalue weighted by Crippen LogP contribution is -2.40. The van der Waals surface area contributed by atoms with Crippen LogP contribution in [0.5, 0.6) is 11.5 Å². The molecule has 0 saturated heterocycles. The van der Waals surface area contributed by atoms with Crippen LogP contribution in [0, 0.1) is 10.1 Å². The summed E-state index contributed by atoms with van der Waals surface area (Å²) < 4.78 is 17.9. The summed E-state index contributed by atoms with van der Waals surface area (Å²) in [5, 5.41) is 11.2. The number of non-ortho nitro benzene ring substituents is 1. The third kappa shape index (κ3) is 5.65. The first-order valence-corrected chi connectivity index (χ1v) is 12.9. The number of allylic oxidation sites excluding steroid dienone is 1. The number of hydrogen-bond acceptors (Lipinski definition) is 10. The predicted octanol–water partition coefficient (Wildman–Crippen LogP) is 3.03. The highest BCUT2D eigenvalue weighted by Gasteiger charge is 2.34. The van der Waals surface area contributed by atoms with E-state index >= 15 is 0 Å². The number of benzene rings is 2. The van der Waals surface area contributed by atoms with E-state index in [0.29, 0.717) is 21.6 Å². The van der Waals surface area contributed by atoms with Gasteiger partial charge in [0.25, 0.3) is 11.2 Å². The highest BCUT2D eigenvalue weighted by Crippen LogP contribution is 2.36. The molecular formula is C27H25N3O8S. The van der Waals surface area contributed by atoms with E-state index in [1.165, 1.54) is 29.7 Å². The zero-order valence-corrected chi connectivity index (χ0v) is 22.4. The number of thiazole rings is 1. The van der Waals surface area contributed by atoms with Gasteiger partial charge in [-0.1, -0.05) is 29.5 Å². The number of nitro benzene ring substituents is 1. The van der Waals surface area contributed by atoms with Crippen molar-refractivity contribution in [3.8, 4) is 11.5 Å². The first-order valence-electron chi connectivity index (χ1n) is 12.0. The second-order valence-corrected chi connectivity index (χ2v) is 9.40. The molecule has 1 unspecified atom stereocenters. The van der Waals surface area contributed by atoms with Gasteiger partial charge in [0.05, 0.1) is 40.0 Å². The van der Waals surface area contributed by atoms with E-state index in [9.17, 15) is 24.5 Å². The maximum atomic E-state index is 13.7. The third-order valence-corrected chi connectivity index (χ3v) is 6.72. The Kier molecular flexibility index (Phi) is 8.05. The topological polar surface area (TPSA) is 139 Å². The van der Waals surface area contributed by atoms with Crippen LogP contribution in [0.4, 0.5) is 5.69 Å². The Bertz CT molecular complexity index is 1690. The lowest BCUT2D eigenvalue weighted by atomic mass is 9.95. The van der Waals surface area contributed by atoms with Crippen molar-refractivity contribution in [1.82, 2.24) is 4.57 Å². The molecule has 0 radical (unpaired) electrons. The fourth-order valence-corrected chi connectivity index (χ4v) is 5.24. The molecule has 0 bridgehead atoms. The van der Waals surface area contributed by atoms with E-state index in [2.05, 4.69) is 4.99 Å². The van der Waals surface area contributed by atoms with Gasteiger partial charge in [0.15, 0.2) is 16.3 Å². The summed E-state index contributed by atoms with van der Waals surface area (Å²) in [4.78, 5) is 54.0. The minimum Gasteiger partial charge on any atom is -0.490 e. The van der Waals surface area contributed by atoms with Gasteiger partial charge in [0, 0.05) is 19.1 Å². The summed E-state index contributed by atoms with van der Waals surface area (Å²) in [7, 11) is 0. The van der Waals surface area contributed by atoms with E-state index in [1.54, 1.807) is 51.1 Å². The second kappa shape index (κ2) is 11.4. The molecule has 0 fully saturated rings. The monoisotopic (exact) mass is 551 g/mol. The number of nitro groups is 1. The molecule has 0 aliphatic carbocycles. The molecule has 0 N–H and O–H groups in total. The number of fused-ring (bicyclic) bond motifs is 1. The van der Waals surface area contributed by atoms with Crippen LogP contribution >= 0.6 is 11.3 Å². The van der Waals surface area contributed by atoms with E-state index in [4.69, 9.17) is 14.2 Å². The van der Waals surface area contributed by atoms with Gasteiger partial charge in [0.2, 0.25) is 0 Å². The molecule has 3 aromatic rings. The summed E-state index contributed by atoms with van der Waals surface area (Å²) in [5.74, 6) is -0.689. The lowest BCUT2D eigenvalue weighted by molar-refractivity contribution is -0.384. The van der Waals surface area contributed by atoms with Crippen molar-refractivity contribution >= 4 is 35.0 Å². The zero-order chi connectivity index (χ0) is 28.3. The Morgan fingerprint density at radius 3 is 2.59 bits per heavy atom. The molecule has 2 heterocycles. The zero-order valence-electron chi connectivity index (χ0n) is 21.6. The molecule has 0 saturated carbocycles. The van der Waals surface area contributed by atoms with Crippen LogP contribution < -0.4 is 24.4 Å². The molecule has 0 spiro atoms. The highest BCUT2D eigenvalue weighted by molar-refractivity contribution is 7.07. The summed E-state index contributed by atoms with van der Waals surface area (Å²) in [6.07, 6.45) is 1.55. The molecular weight excluding hydrogens is 526 g/mol. The van der Waals surface area contributed by atoms with Crippen LogP contribution in [0.2, 0.25) is 0 Å². The number of carbonyl (C=O) groups excluding carboxylic acids is 2. The summed E-state index contributed by atoms with van der Waals surface area (Å²) in [6, 6.07) is 9.80. The van der Waals surface area contributed by atoms with E-state index in [-0.39, 0.29) is 40.5 Å². The number of aromatic nitrogens is 1. The van der Waals surface area contributed by atoms with Gasteiger partial charge in [-0.15, -0.1) is 0 Å². The average molecular weight is 552 g/mol. The average Bonchev–Trinajstić information content (AvgIpc) is 3.18. The van der Waals surface area contributed by atoms with Crippen molar-refractivity contribution in [2.45, 2.75) is 33.7 Å². The number of esters is 2. The van der Waals surface area contributed by atoms with Gasteiger partial charge in [0.1, 0.15) is 0 Å². The summed E-state index contributed by atoms with van der Waals surface area (Å²) in [5.41, 5.74) is 0.988. The number of carbonyl (C=O) groups is 2. The molecule has 1 aliphatic heterocycles. The van der Waals surface area contributed by atoms with Crippen molar-refractivity contribution < 1.29 is 28.7 Å². The molecule has 4 rings (SSSR count). The summed E-state index contributed by atoms with van der Waals surface area (Å²) in [6.45, 7) is 6.78. The molecule has 1 aliphatic rings. The van der Waals surface area contributed by atoms with Gasteiger partial charge in [-0.3, -0.25) is 24.3 Å². The minimum atomic E-state index is -0.918. The van der Waals surface area contributed by atoms with Crippen LogP contribution in [0.15, 0.2) is 63.5 Å². The Morgan fingerprint density at radius 1 is 1.15 bits per heavy atom. The van der Waals surface area contributed by atoms with E-state index < -0.39 is 28.5 Å². The third-order valence-electron chi connectivity index (χ3n) is 5.73. The van der Waals surface area contributed by atoms with Crippen LogP contribution in [-0.4, -0.2) is 34.6 Å². The normalized spacial score (nSPS) is 14.9. The van der Waals surface area contributed by atoms with E-state index in [1.807, 2.05) is 0 Å².